The number of rotatable bonds is 2. The third-order valence-electron chi connectivity index (χ3n) is 2.96. The van der Waals surface area contributed by atoms with Crippen molar-refractivity contribution in [1.82, 2.24) is 30.0 Å². The fraction of sp³-hybridized carbons (Fsp3) is 0.455. The maximum atomic E-state index is 5.04. The second kappa shape index (κ2) is 4.34. The van der Waals surface area contributed by atoms with Gasteiger partial charge in [0, 0.05) is 12.6 Å². The van der Waals surface area contributed by atoms with Crippen LogP contribution in [0.25, 0.3) is 11.6 Å². The van der Waals surface area contributed by atoms with Crippen molar-refractivity contribution < 1.29 is 4.74 Å². The zero-order valence-electron chi connectivity index (χ0n) is 10.3. The van der Waals surface area contributed by atoms with Crippen LogP contribution in [0.2, 0.25) is 0 Å². The molecule has 1 aliphatic heterocycles. The van der Waals surface area contributed by atoms with Gasteiger partial charge in [0.1, 0.15) is 5.82 Å². The Bertz CT molecular complexity index is 549. The Balaban J connectivity index is 1.98. The molecular formula is C11H14N6O. The molecule has 2 aromatic heterocycles. The normalized spacial score (nSPS) is 18.4. The van der Waals surface area contributed by atoms with E-state index < -0.39 is 0 Å². The SMILES string of the molecule is COc1cnc(-c2nnc3n2C[C@H](C)NC3)nc1. The van der Waals surface area contributed by atoms with Gasteiger partial charge in [0.05, 0.1) is 26.0 Å². The van der Waals surface area contributed by atoms with Crippen molar-refractivity contribution in [2.75, 3.05) is 7.11 Å². The molecule has 18 heavy (non-hydrogen) atoms. The number of hydrogen-bond donors (Lipinski definition) is 1. The highest BCUT2D eigenvalue weighted by molar-refractivity contribution is 5.44. The third kappa shape index (κ3) is 1.82. The van der Waals surface area contributed by atoms with Gasteiger partial charge in [0.25, 0.3) is 0 Å². The lowest BCUT2D eigenvalue weighted by Gasteiger charge is -2.22. The topological polar surface area (TPSA) is 77.8 Å². The van der Waals surface area contributed by atoms with E-state index in [1.165, 1.54) is 0 Å². The van der Waals surface area contributed by atoms with Gasteiger partial charge >= 0.3 is 0 Å². The van der Waals surface area contributed by atoms with E-state index in [1.54, 1.807) is 19.5 Å². The van der Waals surface area contributed by atoms with Crippen molar-refractivity contribution in [2.24, 2.45) is 0 Å². The van der Waals surface area contributed by atoms with E-state index in [0.717, 1.165) is 18.9 Å². The summed E-state index contributed by atoms with van der Waals surface area (Å²) < 4.78 is 7.10. The van der Waals surface area contributed by atoms with E-state index >= 15 is 0 Å². The van der Waals surface area contributed by atoms with E-state index in [4.69, 9.17) is 4.74 Å². The summed E-state index contributed by atoms with van der Waals surface area (Å²) in [6.07, 6.45) is 3.27. The third-order valence-corrected chi connectivity index (χ3v) is 2.96. The average Bonchev–Trinajstić information content (AvgIpc) is 2.82. The highest BCUT2D eigenvalue weighted by Gasteiger charge is 2.21. The summed E-state index contributed by atoms with van der Waals surface area (Å²) in [6.45, 7) is 3.68. The molecule has 0 amide bonds. The molecule has 0 aliphatic carbocycles. The minimum atomic E-state index is 0.394. The standard InChI is InChI=1S/C11H14N6O/c1-7-6-17-9(5-12-7)15-16-11(17)10-13-3-8(18-2)4-14-10/h3-4,7,12H,5-6H2,1-2H3/t7-/m0/s1. The molecule has 0 fully saturated rings. The van der Waals surface area contributed by atoms with E-state index in [2.05, 4.69) is 37.0 Å². The van der Waals surface area contributed by atoms with Crippen LogP contribution in [0, 0.1) is 0 Å². The van der Waals surface area contributed by atoms with Crippen LogP contribution in [0.15, 0.2) is 12.4 Å². The Hall–Kier alpha value is -2.02. The molecule has 0 saturated heterocycles. The van der Waals surface area contributed by atoms with Gasteiger partial charge in [-0.2, -0.15) is 0 Å². The summed E-state index contributed by atoms with van der Waals surface area (Å²) in [5.41, 5.74) is 0. The fourth-order valence-electron chi connectivity index (χ4n) is 1.96. The largest absolute Gasteiger partial charge is 0.494 e. The maximum absolute atomic E-state index is 5.04. The minimum absolute atomic E-state index is 0.394. The van der Waals surface area contributed by atoms with Crippen molar-refractivity contribution in [2.45, 2.75) is 26.1 Å². The molecule has 0 bridgehead atoms. The zero-order chi connectivity index (χ0) is 12.5. The molecule has 0 aromatic carbocycles. The monoisotopic (exact) mass is 246 g/mol. The van der Waals surface area contributed by atoms with Crippen molar-refractivity contribution in [3.05, 3.63) is 18.2 Å². The minimum Gasteiger partial charge on any atom is -0.494 e. The van der Waals surface area contributed by atoms with Crippen molar-refractivity contribution in [3.63, 3.8) is 0 Å². The molecule has 1 N–H and O–H groups in total. The molecule has 0 unspecified atom stereocenters. The van der Waals surface area contributed by atoms with Gasteiger partial charge in [0.15, 0.2) is 11.6 Å². The lowest BCUT2D eigenvalue weighted by atomic mass is 10.2. The van der Waals surface area contributed by atoms with Crippen LogP contribution in [0.3, 0.4) is 0 Å². The first-order valence-electron chi connectivity index (χ1n) is 5.80. The van der Waals surface area contributed by atoms with Crippen LogP contribution in [-0.2, 0) is 13.1 Å². The molecular weight excluding hydrogens is 232 g/mol. The van der Waals surface area contributed by atoms with Gasteiger partial charge in [-0.15, -0.1) is 10.2 Å². The Morgan fingerprint density at radius 3 is 2.83 bits per heavy atom. The van der Waals surface area contributed by atoms with Crippen LogP contribution in [0.1, 0.15) is 12.7 Å². The molecule has 0 saturated carbocycles. The Morgan fingerprint density at radius 2 is 2.11 bits per heavy atom. The lowest BCUT2D eigenvalue weighted by Crippen LogP contribution is -2.36. The average molecular weight is 246 g/mol. The second-order valence-corrected chi connectivity index (χ2v) is 4.28. The number of methoxy groups -OCH3 is 1. The molecule has 0 spiro atoms. The highest BCUT2D eigenvalue weighted by Crippen LogP contribution is 2.18. The van der Waals surface area contributed by atoms with Crippen molar-refractivity contribution in [1.29, 1.82) is 0 Å². The summed E-state index contributed by atoms with van der Waals surface area (Å²) >= 11 is 0. The van der Waals surface area contributed by atoms with Crippen molar-refractivity contribution in [3.8, 4) is 17.4 Å². The predicted octanol–water partition coefficient (Wildman–Crippen LogP) is 0.235. The Morgan fingerprint density at radius 1 is 1.33 bits per heavy atom. The van der Waals surface area contributed by atoms with Crippen LogP contribution < -0.4 is 10.1 Å². The lowest BCUT2D eigenvalue weighted by molar-refractivity contribution is 0.408. The highest BCUT2D eigenvalue weighted by atomic mass is 16.5. The van der Waals surface area contributed by atoms with Crippen LogP contribution in [0.4, 0.5) is 0 Å². The van der Waals surface area contributed by atoms with Crippen LogP contribution in [-0.4, -0.2) is 37.9 Å². The first kappa shape index (κ1) is 11.1. The zero-order valence-corrected chi connectivity index (χ0v) is 10.3. The number of hydrogen-bond acceptors (Lipinski definition) is 6. The molecule has 7 nitrogen and oxygen atoms in total. The summed E-state index contributed by atoms with van der Waals surface area (Å²) in [4.78, 5) is 8.49. The Kier molecular flexibility index (Phi) is 2.67. The molecule has 94 valence electrons. The smallest absolute Gasteiger partial charge is 0.201 e. The molecule has 1 atom stereocenters. The van der Waals surface area contributed by atoms with E-state index in [-0.39, 0.29) is 0 Å². The van der Waals surface area contributed by atoms with E-state index in [9.17, 15) is 0 Å². The van der Waals surface area contributed by atoms with E-state index in [1.807, 2.05) is 0 Å². The number of ether oxygens (including phenoxy) is 1. The molecule has 2 aromatic rings. The Labute approximate surface area is 104 Å². The van der Waals surface area contributed by atoms with Crippen LogP contribution >= 0.6 is 0 Å². The molecule has 0 radical (unpaired) electrons. The molecule has 3 rings (SSSR count). The maximum Gasteiger partial charge on any atom is 0.201 e. The van der Waals surface area contributed by atoms with E-state index in [0.29, 0.717) is 23.4 Å². The summed E-state index contributed by atoms with van der Waals surface area (Å²) in [5.74, 6) is 2.83. The predicted molar refractivity (Wildman–Crippen MR) is 63.9 cm³/mol. The van der Waals surface area contributed by atoms with Gasteiger partial charge in [-0.3, -0.25) is 0 Å². The molecule has 1 aliphatic rings. The molecule has 7 heteroatoms. The summed E-state index contributed by atoms with van der Waals surface area (Å²) in [7, 11) is 1.59. The number of nitrogens with one attached hydrogen (secondary N) is 1. The number of aromatic nitrogens is 5. The second-order valence-electron chi connectivity index (χ2n) is 4.28. The van der Waals surface area contributed by atoms with Crippen LogP contribution in [0.5, 0.6) is 5.75 Å². The first-order valence-corrected chi connectivity index (χ1v) is 5.80. The van der Waals surface area contributed by atoms with Gasteiger partial charge in [0.2, 0.25) is 5.82 Å². The van der Waals surface area contributed by atoms with Gasteiger partial charge in [-0.1, -0.05) is 0 Å². The van der Waals surface area contributed by atoms with Gasteiger partial charge in [-0.05, 0) is 6.92 Å². The first-order chi connectivity index (χ1) is 8.78. The molecule has 3 heterocycles. The number of fused-ring (bicyclic) bond motifs is 1. The van der Waals surface area contributed by atoms with Crippen molar-refractivity contribution >= 4 is 0 Å². The summed E-state index contributed by atoms with van der Waals surface area (Å²) in [5, 5.41) is 11.7. The van der Waals surface area contributed by atoms with Gasteiger partial charge < -0.3 is 14.6 Å². The van der Waals surface area contributed by atoms with Gasteiger partial charge in [-0.25, -0.2) is 9.97 Å². The summed E-state index contributed by atoms with van der Waals surface area (Å²) in [6, 6.07) is 0.394. The number of nitrogens with zero attached hydrogens (tertiary/aromatic N) is 5. The quantitative estimate of drug-likeness (QED) is 0.817. The fourth-order valence-corrected chi connectivity index (χ4v) is 1.96.